The fraction of sp³-hybridized carbons (Fsp3) is 0.696. The lowest BCUT2D eigenvalue weighted by molar-refractivity contribution is -0.154. The van der Waals surface area contributed by atoms with Crippen LogP contribution in [0.2, 0.25) is 0 Å². The predicted octanol–water partition coefficient (Wildman–Crippen LogP) is 5.19. The smallest absolute Gasteiger partial charge is 0.316 e. The first-order valence-electron chi connectivity index (χ1n) is 10.2. The minimum Gasteiger partial charge on any atom is -0.464 e. The van der Waals surface area contributed by atoms with Crippen LogP contribution >= 0.6 is 0 Å². The van der Waals surface area contributed by atoms with E-state index in [0.29, 0.717) is 18.7 Å². The predicted molar refractivity (Wildman–Crippen MR) is 108 cm³/mol. The highest BCUT2D eigenvalue weighted by atomic mass is 16.5. The van der Waals surface area contributed by atoms with Crippen molar-refractivity contribution in [2.45, 2.75) is 84.7 Å². The third-order valence-electron chi connectivity index (χ3n) is 5.86. The Hall–Kier alpha value is -1.35. The Morgan fingerprint density at radius 2 is 1.69 bits per heavy atom. The largest absolute Gasteiger partial charge is 0.464 e. The number of ether oxygens (including phenoxy) is 1. The zero-order valence-corrected chi connectivity index (χ0v) is 17.5. The summed E-state index contributed by atoms with van der Waals surface area (Å²) in [5, 5.41) is 0. The van der Waals surface area contributed by atoms with Crippen molar-refractivity contribution in [3.63, 3.8) is 0 Å². The van der Waals surface area contributed by atoms with Crippen molar-refractivity contribution < 1.29 is 9.53 Å². The number of nitrogens with zero attached hydrogens (tertiary/aromatic N) is 1. The number of rotatable bonds is 7. The van der Waals surface area contributed by atoms with E-state index in [1.807, 2.05) is 18.2 Å². The van der Waals surface area contributed by atoms with Crippen molar-refractivity contribution in [1.82, 2.24) is 4.90 Å². The molecule has 146 valence electrons. The molecule has 2 rings (SSSR count). The molecule has 1 fully saturated rings. The summed E-state index contributed by atoms with van der Waals surface area (Å²) in [6, 6.07) is 11.2. The summed E-state index contributed by atoms with van der Waals surface area (Å²) in [7, 11) is 0. The third-order valence-corrected chi connectivity index (χ3v) is 5.86. The molecule has 3 nitrogen and oxygen atoms in total. The summed E-state index contributed by atoms with van der Waals surface area (Å²) < 4.78 is 5.88. The zero-order valence-electron chi connectivity index (χ0n) is 17.5. The first-order valence-corrected chi connectivity index (χ1v) is 10.2. The third kappa shape index (κ3) is 4.88. The molecule has 0 amide bonds. The maximum absolute atomic E-state index is 13.3. The quantitative estimate of drug-likeness (QED) is 0.628. The second-order valence-corrected chi connectivity index (χ2v) is 9.20. The van der Waals surface area contributed by atoms with Crippen molar-refractivity contribution in [2.24, 2.45) is 5.41 Å². The standard InChI is InChI=1S/C23H37NO2/c1-18(2)24(19(3)4)15-16-26-21(25)23(20-11-8-7-9-12-20)14-10-13-22(5,6)17-23/h7-9,11-12,18-19H,10,13-17H2,1-6H3. The molecule has 0 spiro atoms. The van der Waals surface area contributed by atoms with Gasteiger partial charge in [0.2, 0.25) is 0 Å². The molecule has 3 heteroatoms. The number of hydrogen-bond donors (Lipinski definition) is 0. The molecule has 1 aliphatic carbocycles. The summed E-state index contributed by atoms with van der Waals surface area (Å²) in [5.74, 6) is -0.0380. The Morgan fingerprint density at radius 3 is 2.23 bits per heavy atom. The lowest BCUT2D eigenvalue weighted by Gasteiger charge is -2.43. The van der Waals surface area contributed by atoms with E-state index in [4.69, 9.17) is 4.74 Å². The van der Waals surface area contributed by atoms with Crippen LogP contribution in [-0.4, -0.2) is 36.1 Å². The fourth-order valence-corrected chi connectivity index (χ4v) is 4.65. The summed E-state index contributed by atoms with van der Waals surface area (Å²) in [5.41, 5.74) is 0.778. The minimum absolute atomic E-state index is 0.0380. The van der Waals surface area contributed by atoms with Gasteiger partial charge in [-0.3, -0.25) is 9.69 Å². The molecule has 1 atom stereocenters. The number of hydrogen-bond acceptors (Lipinski definition) is 3. The Morgan fingerprint density at radius 1 is 1.08 bits per heavy atom. The monoisotopic (exact) mass is 359 g/mol. The van der Waals surface area contributed by atoms with Gasteiger partial charge < -0.3 is 4.74 Å². The summed E-state index contributed by atoms with van der Waals surface area (Å²) >= 11 is 0. The van der Waals surface area contributed by atoms with Crippen molar-refractivity contribution in [2.75, 3.05) is 13.2 Å². The van der Waals surface area contributed by atoms with E-state index < -0.39 is 5.41 Å². The second kappa shape index (κ2) is 8.56. The molecule has 1 aromatic carbocycles. The van der Waals surface area contributed by atoms with Gasteiger partial charge in [-0.1, -0.05) is 50.6 Å². The molecule has 0 aliphatic heterocycles. The van der Waals surface area contributed by atoms with Crippen LogP contribution in [0.4, 0.5) is 0 Å². The van der Waals surface area contributed by atoms with Gasteiger partial charge in [0.05, 0.1) is 5.41 Å². The van der Waals surface area contributed by atoms with E-state index in [0.717, 1.165) is 31.4 Å². The van der Waals surface area contributed by atoms with Crippen LogP contribution in [0.5, 0.6) is 0 Å². The van der Waals surface area contributed by atoms with Gasteiger partial charge in [0, 0.05) is 18.6 Å². The molecule has 0 bridgehead atoms. The average Bonchev–Trinajstić information content (AvgIpc) is 2.57. The molecule has 1 saturated carbocycles. The van der Waals surface area contributed by atoms with Crippen LogP contribution < -0.4 is 0 Å². The Bertz CT molecular complexity index is 571. The van der Waals surface area contributed by atoms with Crippen LogP contribution in [0, 0.1) is 5.41 Å². The van der Waals surface area contributed by atoms with Gasteiger partial charge in [0.1, 0.15) is 6.61 Å². The summed E-state index contributed by atoms with van der Waals surface area (Å²) in [4.78, 5) is 15.7. The highest BCUT2D eigenvalue weighted by Gasteiger charge is 2.47. The maximum Gasteiger partial charge on any atom is 0.316 e. The van der Waals surface area contributed by atoms with E-state index in [1.54, 1.807) is 0 Å². The molecule has 0 heterocycles. The Labute approximate surface area is 160 Å². The zero-order chi connectivity index (χ0) is 19.4. The van der Waals surface area contributed by atoms with Crippen molar-refractivity contribution in [3.8, 4) is 0 Å². The van der Waals surface area contributed by atoms with Gasteiger partial charge in [-0.05, 0) is 57.9 Å². The fourth-order valence-electron chi connectivity index (χ4n) is 4.65. The van der Waals surface area contributed by atoms with Crippen molar-refractivity contribution in [1.29, 1.82) is 0 Å². The van der Waals surface area contributed by atoms with Crippen LogP contribution in [0.3, 0.4) is 0 Å². The van der Waals surface area contributed by atoms with Gasteiger partial charge in [0.15, 0.2) is 0 Å². The van der Waals surface area contributed by atoms with Crippen LogP contribution in [0.25, 0.3) is 0 Å². The molecule has 0 aromatic heterocycles. The van der Waals surface area contributed by atoms with E-state index in [2.05, 4.69) is 58.6 Å². The van der Waals surface area contributed by atoms with Gasteiger partial charge in [-0.15, -0.1) is 0 Å². The highest BCUT2D eigenvalue weighted by molar-refractivity contribution is 5.83. The molecule has 0 N–H and O–H groups in total. The molecular formula is C23H37NO2. The van der Waals surface area contributed by atoms with E-state index in [9.17, 15) is 4.79 Å². The molecule has 0 radical (unpaired) electrons. The van der Waals surface area contributed by atoms with Crippen molar-refractivity contribution >= 4 is 5.97 Å². The van der Waals surface area contributed by atoms with Crippen molar-refractivity contribution in [3.05, 3.63) is 35.9 Å². The molecule has 1 unspecified atom stereocenters. The average molecular weight is 360 g/mol. The topological polar surface area (TPSA) is 29.5 Å². The summed E-state index contributed by atoms with van der Waals surface area (Å²) in [6.45, 7) is 14.6. The van der Waals surface area contributed by atoms with Gasteiger partial charge in [-0.2, -0.15) is 0 Å². The van der Waals surface area contributed by atoms with E-state index in [1.165, 1.54) is 6.42 Å². The number of esters is 1. The Kier molecular flexibility index (Phi) is 6.90. The lowest BCUT2D eigenvalue weighted by atomic mass is 9.61. The number of benzene rings is 1. The van der Waals surface area contributed by atoms with Gasteiger partial charge >= 0.3 is 5.97 Å². The lowest BCUT2D eigenvalue weighted by Crippen LogP contribution is -2.45. The first-order chi connectivity index (χ1) is 12.2. The van der Waals surface area contributed by atoms with E-state index >= 15 is 0 Å². The first kappa shape index (κ1) is 21.0. The molecular weight excluding hydrogens is 322 g/mol. The SMILES string of the molecule is CC(C)N(CCOC(=O)C1(c2ccccc2)CCCC(C)(C)C1)C(C)C. The van der Waals surface area contributed by atoms with E-state index in [-0.39, 0.29) is 11.4 Å². The minimum atomic E-state index is -0.497. The van der Waals surface area contributed by atoms with Crippen LogP contribution in [-0.2, 0) is 14.9 Å². The second-order valence-electron chi connectivity index (χ2n) is 9.20. The number of carbonyl (C=O) groups is 1. The summed E-state index contributed by atoms with van der Waals surface area (Å²) in [6.07, 6.45) is 3.99. The van der Waals surface area contributed by atoms with Gasteiger partial charge in [-0.25, -0.2) is 0 Å². The Balaban J connectivity index is 2.15. The molecule has 26 heavy (non-hydrogen) atoms. The van der Waals surface area contributed by atoms with Crippen LogP contribution in [0.15, 0.2) is 30.3 Å². The molecule has 1 aliphatic rings. The van der Waals surface area contributed by atoms with Crippen LogP contribution in [0.1, 0.15) is 72.8 Å². The maximum atomic E-state index is 13.3. The highest BCUT2D eigenvalue weighted by Crippen LogP contribution is 2.48. The normalized spacial score (nSPS) is 22.8. The van der Waals surface area contributed by atoms with Gasteiger partial charge in [0.25, 0.3) is 0 Å². The molecule has 1 aromatic rings. The molecule has 0 saturated heterocycles. The number of carbonyl (C=O) groups excluding carboxylic acids is 1.